The zero-order valence-electron chi connectivity index (χ0n) is 18.0. The molecule has 2 aromatic heterocycles. The van der Waals surface area contributed by atoms with E-state index in [1.165, 1.54) is 21.6 Å². The highest BCUT2D eigenvalue weighted by Crippen LogP contribution is 2.39. The molecule has 0 unspecified atom stereocenters. The lowest BCUT2D eigenvalue weighted by Crippen LogP contribution is -2.24. The molecule has 7 heteroatoms. The number of aryl methyl sites for hydroxylation is 3. The molecule has 0 fully saturated rings. The molecule has 4 aromatic rings. The van der Waals surface area contributed by atoms with Crippen molar-refractivity contribution in [3.63, 3.8) is 0 Å². The number of nitrogen functional groups attached to an aromatic ring is 1. The van der Waals surface area contributed by atoms with Crippen LogP contribution in [0.3, 0.4) is 0 Å². The Hall–Kier alpha value is -3.89. The third kappa shape index (κ3) is 4.01. The minimum Gasteiger partial charge on any atom is -0.382 e. The summed E-state index contributed by atoms with van der Waals surface area (Å²) in [5, 5.41) is 17.1. The summed E-state index contributed by atoms with van der Waals surface area (Å²) in [5.41, 5.74) is 11.9. The van der Waals surface area contributed by atoms with Crippen LogP contribution in [0.25, 0.3) is 16.1 Å². The van der Waals surface area contributed by atoms with Gasteiger partial charge in [0.2, 0.25) is 0 Å². The molecule has 6 nitrogen and oxygen atoms in total. The fraction of sp³-hybridized carbons (Fsp3) is 0.192. The van der Waals surface area contributed by atoms with Crippen molar-refractivity contribution in [2.45, 2.75) is 25.7 Å². The molecule has 0 saturated carbocycles. The number of amides is 1. The number of anilines is 1. The maximum absolute atomic E-state index is 12.8. The van der Waals surface area contributed by atoms with E-state index >= 15 is 0 Å². The summed E-state index contributed by atoms with van der Waals surface area (Å²) >= 11 is 1.56. The average Bonchev–Trinajstić information content (AvgIpc) is 3.43. The van der Waals surface area contributed by atoms with Gasteiger partial charge in [0.1, 0.15) is 17.5 Å². The highest BCUT2D eigenvalue weighted by atomic mass is 32.1. The first-order valence-electron chi connectivity index (χ1n) is 11.0. The van der Waals surface area contributed by atoms with Crippen molar-refractivity contribution in [3.05, 3.63) is 87.9 Å². The number of hydrogen-bond donors (Lipinski definition) is 2. The summed E-state index contributed by atoms with van der Waals surface area (Å²) in [5.74, 6) is 0.286. The topological polar surface area (TPSA) is 96.7 Å². The van der Waals surface area contributed by atoms with Crippen molar-refractivity contribution in [2.75, 3.05) is 12.3 Å². The molecule has 1 aliphatic rings. The zero-order chi connectivity index (χ0) is 22.8. The molecule has 0 atom stereocenters. The summed E-state index contributed by atoms with van der Waals surface area (Å²) in [6, 6.07) is 22.1. The first kappa shape index (κ1) is 21.0. The molecule has 0 saturated heterocycles. The third-order valence-electron chi connectivity index (χ3n) is 5.94. The van der Waals surface area contributed by atoms with Gasteiger partial charge in [0.05, 0.1) is 16.3 Å². The van der Waals surface area contributed by atoms with Gasteiger partial charge >= 0.3 is 0 Å². The molecule has 3 N–H and O–H groups in total. The van der Waals surface area contributed by atoms with E-state index in [9.17, 15) is 10.1 Å². The van der Waals surface area contributed by atoms with Crippen LogP contribution in [0.4, 0.5) is 5.82 Å². The normalized spacial score (nSPS) is 12.0. The standard InChI is InChI=1S/C26H23N5OS/c27-16-21-22(30-31(25(21)28)19-8-2-1-3-9-19)11-6-14-29-26(32)23-15-18-13-12-17-7-4-5-10-20(17)24(18)33-23/h1-5,7-10,15H,6,11-14,28H2,(H,29,32). The van der Waals surface area contributed by atoms with Crippen molar-refractivity contribution in [3.8, 4) is 22.2 Å². The molecule has 1 amide bonds. The van der Waals surface area contributed by atoms with Gasteiger partial charge in [0.25, 0.3) is 5.91 Å². The van der Waals surface area contributed by atoms with E-state index in [-0.39, 0.29) is 5.91 Å². The highest BCUT2D eigenvalue weighted by molar-refractivity contribution is 7.17. The average molecular weight is 454 g/mol. The van der Waals surface area contributed by atoms with Crippen LogP contribution >= 0.6 is 11.3 Å². The number of nitrogens with one attached hydrogen (secondary N) is 1. The Kier molecular flexibility index (Phi) is 5.68. The summed E-state index contributed by atoms with van der Waals surface area (Å²) in [6.07, 6.45) is 3.21. The first-order valence-corrected chi connectivity index (χ1v) is 11.8. The van der Waals surface area contributed by atoms with E-state index < -0.39 is 0 Å². The largest absolute Gasteiger partial charge is 0.382 e. The molecular formula is C26H23N5OS. The molecule has 0 aliphatic heterocycles. The number of hydrogen-bond acceptors (Lipinski definition) is 5. The van der Waals surface area contributed by atoms with E-state index in [0.29, 0.717) is 36.5 Å². The number of para-hydroxylation sites is 1. The quantitative estimate of drug-likeness (QED) is 0.420. The van der Waals surface area contributed by atoms with Gasteiger partial charge in [-0.1, -0.05) is 42.5 Å². The predicted octanol–water partition coefficient (Wildman–Crippen LogP) is 4.52. The van der Waals surface area contributed by atoms with E-state index in [0.717, 1.165) is 23.4 Å². The molecule has 164 valence electrons. The summed E-state index contributed by atoms with van der Waals surface area (Å²) < 4.78 is 1.60. The third-order valence-corrected chi connectivity index (χ3v) is 7.15. The summed E-state index contributed by atoms with van der Waals surface area (Å²) in [4.78, 5) is 14.7. The van der Waals surface area contributed by atoms with Gasteiger partial charge < -0.3 is 11.1 Å². The van der Waals surface area contributed by atoms with Gasteiger partial charge in [0.15, 0.2) is 0 Å². The van der Waals surface area contributed by atoms with Crippen LogP contribution < -0.4 is 11.1 Å². The molecule has 5 rings (SSSR count). The van der Waals surface area contributed by atoms with E-state index in [4.69, 9.17) is 5.73 Å². The predicted molar refractivity (Wildman–Crippen MR) is 131 cm³/mol. The SMILES string of the molecule is N#Cc1c(CCCNC(=O)c2cc3c(s2)-c2ccccc2CC3)nn(-c2ccccc2)c1N. The van der Waals surface area contributed by atoms with Crippen LogP contribution in [0, 0.1) is 11.3 Å². The molecular weight excluding hydrogens is 430 g/mol. The Morgan fingerprint density at radius 3 is 2.70 bits per heavy atom. The number of carbonyl (C=O) groups excluding carboxylic acids is 1. The van der Waals surface area contributed by atoms with Crippen molar-refractivity contribution < 1.29 is 4.79 Å². The fourth-order valence-electron chi connectivity index (χ4n) is 4.27. The van der Waals surface area contributed by atoms with Crippen LogP contribution in [0.15, 0.2) is 60.7 Å². The van der Waals surface area contributed by atoms with Crippen LogP contribution in [0.1, 0.15) is 38.5 Å². The maximum atomic E-state index is 12.8. The van der Waals surface area contributed by atoms with E-state index in [1.807, 2.05) is 36.4 Å². The first-order chi connectivity index (χ1) is 16.2. The Morgan fingerprint density at radius 2 is 1.88 bits per heavy atom. The van der Waals surface area contributed by atoms with Crippen molar-refractivity contribution in [1.29, 1.82) is 5.26 Å². The van der Waals surface area contributed by atoms with Crippen molar-refractivity contribution in [1.82, 2.24) is 15.1 Å². The number of aromatic nitrogens is 2. The monoisotopic (exact) mass is 453 g/mol. The number of carbonyl (C=O) groups is 1. The second-order valence-electron chi connectivity index (χ2n) is 8.05. The van der Waals surface area contributed by atoms with Gasteiger partial charge in [-0.2, -0.15) is 10.4 Å². The Labute approximate surface area is 196 Å². The number of rotatable bonds is 6. The van der Waals surface area contributed by atoms with Crippen LogP contribution in [-0.4, -0.2) is 22.2 Å². The molecule has 33 heavy (non-hydrogen) atoms. The number of benzene rings is 2. The summed E-state index contributed by atoms with van der Waals surface area (Å²) in [6.45, 7) is 0.501. The fourth-order valence-corrected chi connectivity index (χ4v) is 5.46. The lowest BCUT2D eigenvalue weighted by molar-refractivity contribution is 0.0957. The zero-order valence-corrected chi connectivity index (χ0v) is 18.9. The molecule has 0 bridgehead atoms. The molecule has 0 radical (unpaired) electrons. The molecule has 0 spiro atoms. The number of fused-ring (bicyclic) bond motifs is 3. The second-order valence-corrected chi connectivity index (χ2v) is 9.10. The Morgan fingerprint density at radius 1 is 1.12 bits per heavy atom. The minimum absolute atomic E-state index is 0.0540. The lowest BCUT2D eigenvalue weighted by atomic mass is 9.91. The molecule has 2 heterocycles. The molecule has 1 aliphatic carbocycles. The van der Waals surface area contributed by atoms with Crippen LogP contribution in [0.5, 0.6) is 0 Å². The van der Waals surface area contributed by atoms with E-state index in [2.05, 4.69) is 40.8 Å². The lowest BCUT2D eigenvalue weighted by Gasteiger charge is -2.15. The Balaban J connectivity index is 1.23. The smallest absolute Gasteiger partial charge is 0.261 e. The van der Waals surface area contributed by atoms with Gasteiger partial charge in [0, 0.05) is 11.4 Å². The van der Waals surface area contributed by atoms with Gasteiger partial charge in [-0.3, -0.25) is 4.79 Å². The van der Waals surface area contributed by atoms with Crippen molar-refractivity contribution >= 4 is 23.1 Å². The Bertz CT molecular complexity index is 1360. The summed E-state index contributed by atoms with van der Waals surface area (Å²) in [7, 11) is 0. The van der Waals surface area contributed by atoms with Crippen LogP contribution in [-0.2, 0) is 19.3 Å². The van der Waals surface area contributed by atoms with Gasteiger partial charge in [-0.25, -0.2) is 4.68 Å². The number of nitrogens with two attached hydrogens (primary N) is 1. The second kappa shape index (κ2) is 8.93. The number of nitriles is 1. The minimum atomic E-state index is -0.0540. The number of nitrogens with zero attached hydrogens (tertiary/aromatic N) is 3. The highest BCUT2D eigenvalue weighted by Gasteiger charge is 2.21. The van der Waals surface area contributed by atoms with E-state index in [1.54, 1.807) is 16.0 Å². The molecule has 2 aromatic carbocycles. The van der Waals surface area contributed by atoms with Crippen LogP contribution in [0.2, 0.25) is 0 Å². The maximum Gasteiger partial charge on any atom is 0.261 e. The van der Waals surface area contributed by atoms with Gasteiger partial charge in [-0.15, -0.1) is 11.3 Å². The van der Waals surface area contributed by atoms with Gasteiger partial charge in [-0.05, 0) is 60.6 Å². The number of thiophene rings is 1. The van der Waals surface area contributed by atoms with Crippen molar-refractivity contribution in [2.24, 2.45) is 0 Å².